The standard InChI is InChI=1S/C20H19F3N2O/c21-20(22,23)16(15-8-2-1-3-9-15)14-19(26)24-17-10-4-5-11-18(17)25-12-6-7-13-25/h1-5,8-11,14H,6-7,12-13H2,(H,24,26)/b16-14-. The van der Waals surface area contributed by atoms with Gasteiger partial charge in [-0.25, -0.2) is 0 Å². The van der Waals surface area contributed by atoms with Gasteiger partial charge in [0.15, 0.2) is 0 Å². The summed E-state index contributed by atoms with van der Waals surface area (Å²) in [6.07, 6.45) is -1.87. The molecule has 1 heterocycles. The Hall–Kier alpha value is -2.76. The molecule has 3 nitrogen and oxygen atoms in total. The molecule has 6 heteroatoms. The number of hydrogen-bond donors (Lipinski definition) is 1. The van der Waals surface area contributed by atoms with Crippen molar-refractivity contribution in [3.8, 4) is 0 Å². The van der Waals surface area contributed by atoms with E-state index >= 15 is 0 Å². The number of nitrogens with zero attached hydrogens (tertiary/aromatic N) is 1. The lowest BCUT2D eigenvalue weighted by Crippen LogP contribution is -2.21. The average molecular weight is 360 g/mol. The van der Waals surface area contributed by atoms with E-state index in [0.29, 0.717) is 11.8 Å². The molecular formula is C20H19F3N2O. The number of allylic oxidation sites excluding steroid dienone is 1. The highest BCUT2D eigenvalue weighted by Crippen LogP contribution is 2.34. The molecule has 2 aromatic carbocycles. The molecule has 0 atom stereocenters. The highest BCUT2D eigenvalue weighted by atomic mass is 19.4. The predicted molar refractivity (Wildman–Crippen MR) is 97.0 cm³/mol. The molecule has 0 aromatic heterocycles. The molecule has 0 spiro atoms. The van der Waals surface area contributed by atoms with E-state index in [0.717, 1.165) is 31.6 Å². The van der Waals surface area contributed by atoms with Crippen molar-refractivity contribution in [3.63, 3.8) is 0 Å². The van der Waals surface area contributed by atoms with Crippen LogP contribution in [0.4, 0.5) is 24.5 Å². The van der Waals surface area contributed by atoms with Crippen LogP contribution in [0.3, 0.4) is 0 Å². The van der Waals surface area contributed by atoms with Gasteiger partial charge in [-0.15, -0.1) is 0 Å². The first-order valence-electron chi connectivity index (χ1n) is 8.44. The molecule has 0 unspecified atom stereocenters. The van der Waals surface area contributed by atoms with Crippen LogP contribution in [0.25, 0.3) is 5.57 Å². The van der Waals surface area contributed by atoms with Crippen molar-refractivity contribution in [3.05, 3.63) is 66.2 Å². The van der Waals surface area contributed by atoms with E-state index in [-0.39, 0.29) is 5.56 Å². The third-order valence-electron chi connectivity index (χ3n) is 4.27. The van der Waals surface area contributed by atoms with Crippen LogP contribution in [0, 0.1) is 0 Å². The number of hydrogen-bond acceptors (Lipinski definition) is 2. The zero-order valence-corrected chi connectivity index (χ0v) is 14.1. The van der Waals surface area contributed by atoms with Crippen LogP contribution in [0.5, 0.6) is 0 Å². The maximum atomic E-state index is 13.4. The molecule has 136 valence electrons. The summed E-state index contributed by atoms with van der Waals surface area (Å²) >= 11 is 0. The molecule has 0 saturated carbocycles. The van der Waals surface area contributed by atoms with E-state index in [1.54, 1.807) is 18.2 Å². The lowest BCUT2D eigenvalue weighted by Gasteiger charge is -2.21. The maximum absolute atomic E-state index is 13.4. The van der Waals surface area contributed by atoms with Crippen LogP contribution < -0.4 is 10.2 Å². The van der Waals surface area contributed by atoms with Gasteiger partial charge >= 0.3 is 6.18 Å². The van der Waals surface area contributed by atoms with Crippen molar-refractivity contribution >= 4 is 22.9 Å². The second-order valence-electron chi connectivity index (χ2n) is 6.12. The Morgan fingerprint density at radius 2 is 1.58 bits per heavy atom. The Kier molecular flexibility index (Phi) is 5.30. The first-order valence-corrected chi connectivity index (χ1v) is 8.44. The largest absolute Gasteiger partial charge is 0.417 e. The summed E-state index contributed by atoms with van der Waals surface area (Å²) in [5.41, 5.74) is 0.350. The molecule has 0 radical (unpaired) electrons. The number of carbonyl (C=O) groups is 1. The second kappa shape index (κ2) is 7.64. The van der Waals surface area contributed by atoms with Gasteiger partial charge in [0.2, 0.25) is 5.91 Å². The van der Waals surface area contributed by atoms with Gasteiger partial charge in [-0.2, -0.15) is 13.2 Å². The van der Waals surface area contributed by atoms with E-state index in [4.69, 9.17) is 0 Å². The molecule has 1 fully saturated rings. The third-order valence-corrected chi connectivity index (χ3v) is 4.27. The molecule has 0 aliphatic carbocycles. The normalized spacial score (nSPS) is 15.2. The molecule has 1 N–H and O–H groups in total. The number of anilines is 2. The summed E-state index contributed by atoms with van der Waals surface area (Å²) in [6, 6.07) is 14.5. The molecule has 26 heavy (non-hydrogen) atoms. The molecule has 1 aliphatic heterocycles. The van der Waals surface area contributed by atoms with Crippen LogP contribution in [-0.4, -0.2) is 25.2 Å². The fourth-order valence-corrected chi connectivity index (χ4v) is 3.06. The number of alkyl halides is 3. The number of nitrogens with one attached hydrogen (secondary N) is 1. The monoisotopic (exact) mass is 360 g/mol. The molecular weight excluding hydrogens is 341 g/mol. The molecule has 1 aliphatic rings. The minimum atomic E-state index is -4.62. The third kappa shape index (κ3) is 4.25. The number of rotatable bonds is 4. The van der Waals surface area contributed by atoms with Gasteiger partial charge in [0.25, 0.3) is 0 Å². The van der Waals surface area contributed by atoms with Gasteiger partial charge in [-0.05, 0) is 30.5 Å². The van der Waals surface area contributed by atoms with Gasteiger partial charge in [0.05, 0.1) is 16.9 Å². The molecule has 1 amide bonds. The topological polar surface area (TPSA) is 32.3 Å². The van der Waals surface area contributed by atoms with Crippen LogP contribution in [-0.2, 0) is 4.79 Å². The Morgan fingerprint density at radius 1 is 0.962 bits per heavy atom. The minimum Gasteiger partial charge on any atom is -0.370 e. The van der Waals surface area contributed by atoms with Crippen molar-refractivity contribution in [1.29, 1.82) is 0 Å². The van der Waals surface area contributed by atoms with Crippen molar-refractivity contribution in [2.75, 3.05) is 23.3 Å². The Labute approximate surface area is 150 Å². The number of benzene rings is 2. The molecule has 1 saturated heterocycles. The fraction of sp³-hybridized carbons (Fsp3) is 0.250. The minimum absolute atomic E-state index is 0.0389. The van der Waals surface area contributed by atoms with Crippen LogP contribution in [0.1, 0.15) is 18.4 Å². The van der Waals surface area contributed by atoms with E-state index in [1.807, 2.05) is 12.1 Å². The molecule has 3 rings (SSSR count). The van der Waals surface area contributed by atoms with Crippen LogP contribution >= 0.6 is 0 Å². The number of halogens is 3. The van der Waals surface area contributed by atoms with Crippen molar-refractivity contribution in [2.24, 2.45) is 0 Å². The zero-order valence-electron chi connectivity index (χ0n) is 14.1. The summed E-state index contributed by atoms with van der Waals surface area (Å²) in [6.45, 7) is 1.75. The van der Waals surface area contributed by atoms with Gasteiger partial charge in [-0.1, -0.05) is 42.5 Å². The average Bonchev–Trinajstić information content (AvgIpc) is 3.14. The first-order chi connectivity index (χ1) is 12.4. The lowest BCUT2D eigenvalue weighted by molar-refractivity contribution is -0.112. The maximum Gasteiger partial charge on any atom is 0.417 e. The van der Waals surface area contributed by atoms with E-state index in [1.165, 1.54) is 24.3 Å². The summed E-state index contributed by atoms with van der Waals surface area (Å²) in [4.78, 5) is 14.4. The van der Waals surface area contributed by atoms with Crippen LogP contribution in [0.15, 0.2) is 60.7 Å². The Morgan fingerprint density at radius 3 is 2.23 bits per heavy atom. The quantitative estimate of drug-likeness (QED) is 0.789. The second-order valence-corrected chi connectivity index (χ2v) is 6.12. The van der Waals surface area contributed by atoms with E-state index in [9.17, 15) is 18.0 Å². The highest BCUT2D eigenvalue weighted by Gasteiger charge is 2.35. The Bertz CT molecular complexity index is 794. The highest BCUT2D eigenvalue weighted by molar-refractivity contribution is 6.06. The summed E-state index contributed by atoms with van der Waals surface area (Å²) in [7, 11) is 0. The van der Waals surface area contributed by atoms with Gasteiger partial charge in [0, 0.05) is 19.2 Å². The van der Waals surface area contributed by atoms with Gasteiger partial charge in [-0.3, -0.25) is 4.79 Å². The van der Waals surface area contributed by atoms with Crippen molar-refractivity contribution in [2.45, 2.75) is 19.0 Å². The van der Waals surface area contributed by atoms with Gasteiger partial charge < -0.3 is 10.2 Å². The summed E-state index contributed by atoms with van der Waals surface area (Å²) < 4.78 is 40.1. The fourth-order valence-electron chi connectivity index (χ4n) is 3.06. The molecule has 0 bridgehead atoms. The van der Waals surface area contributed by atoms with E-state index in [2.05, 4.69) is 10.2 Å². The smallest absolute Gasteiger partial charge is 0.370 e. The predicted octanol–water partition coefficient (Wildman–Crippen LogP) is 4.87. The van der Waals surface area contributed by atoms with Crippen molar-refractivity contribution in [1.82, 2.24) is 0 Å². The number of carbonyl (C=O) groups excluding carboxylic acids is 1. The Balaban J connectivity index is 1.86. The SMILES string of the molecule is O=C(/C=C(/c1ccccc1)C(F)(F)F)Nc1ccccc1N1CCCC1. The summed E-state index contributed by atoms with van der Waals surface area (Å²) in [5, 5.41) is 2.60. The van der Waals surface area contributed by atoms with E-state index < -0.39 is 17.7 Å². The summed E-state index contributed by atoms with van der Waals surface area (Å²) in [5.74, 6) is -0.798. The first kappa shape index (κ1) is 18.0. The lowest BCUT2D eigenvalue weighted by atomic mass is 10.1. The van der Waals surface area contributed by atoms with Crippen LogP contribution in [0.2, 0.25) is 0 Å². The number of para-hydroxylation sites is 2. The van der Waals surface area contributed by atoms with Crippen molar-refractivity contribution < 1.29 is 18.0 Å². The zero-order chi connectivity index (χ0) is 18.6. The molecule has 2 aromatic rings. The number of amides is 1. The van der Waals surface area contributed by atoms with Gasteiger partial charge in [0.1, 0.15) is 0 Å².